The molecule has 0 spiro atoms. The molecule has 1 N–H and O–H groups in total. The zero-order valence-electron chi connectivity index (χ0n) is 12.3. The van der Waals surface area contributed by atoms with Crippen LogP contribution in [-0.4, -0.2) is 23.9 Å². The van der Waals surface area contributed by atoms with E-state index in [2.05, 4.69) is 5.32 Å². The molecule has 20 heavy (non-hydrogen) atoms. The summed E-state index contributed by atoms with van der Waals surface area (Å²) in [6, 6.07) is 6.97. The van der Waals surface area contributed by atoms with Crippen molar-refractivity contribution >= 4 is 17.5 Å². The molecular formula is C16H22N2O2. The van der Waals surface area contributed by atoms with Gasteiger partial charge in [0.25, 0.3) is 0 Å². The maximum absolute atomic E-state index is 12.7. The molecule has 108 valence electrons. The molecule has 1 fully saturated rings. The monoisotopic (exact) mass is 274 g/mol. The van der Waals surface area contributed by atoms with Crippen molar-refractivity contribution in [1.82, 2.24) is 5.32 Å². The van der Waals surface area contributed by atoms with Crippen LogP contribution in [0.1, 0.15) is 38.7 Å². The topological polar surface area (TPSA) is 49.4 Å². The van der Waals surface area contributed by atoms with Gasteiger partial charge < -0.3 is 5.32 Å². The molecule has 0 aromatic heterocycles. The lowest BCUT2D eigenvalue weighted by atomic mass is 10.0. The fourth-order valence-electron chi connectivity index (χ4n) is 2.71. The van der Waals surface area contributed by atoms with Crippen molar-refractivity contribution in [3.05, 3.63) is 29.8 Å². The van der Waals surface area contributed by atoms with Crippen LogP contribution >= 0.6 is 0 Å². The minimum absolute atomic E-state index is 0.00361. The number of aryl methyl sites for hydroxylation is 1. The van der Waals surface area contributed by atoms with Crippen LogP contribution in [0.2, 0.25) is 0 Å². The summed E-state index contributed by atoms with van der Waals surface area (Å²) in [5.74, 6) is -0.0454. The van der Waals surface area contributed by atoms with Crippen LogP contribution in [0.4, 0.5) is 5.69 Å². The maximum atomic E-state index is 12.7. The number of hydrogen-bond acceptors (Lipinski definition) is 2. The first-order valence-corrected chi connectivity index (χ1v) is 7.28. The molecule has 1 heterocycles. The smallest absolute Gasteiger partial charge is 0.250 e. The third kappa shape index (κ3) is 2.69. The molecule has 0 aliphatic carbocycles. The van der Waals surface area contributed by atoms with Crippen LogP contribution < -0.4 is 10.2 Å². The molecule has 2 amide bonds. The van der Waals surface area contributed by atoms with E-state index >= 15 is 0 Å². The fourth-order valence-corrected chi connectivity index (χ4v) is 2.71. The summed E-state index contributed by atoms with van der Waals surface area (Å²) < 4.78 is 0. The van der Waals surface area contributed by atoms with Gasteiger partial charge in [-0.1, -0.05) is 32.4 Å². The van der Waals surface area contributed by atoms with Gasteiger partial charge in [-0.05, 0) is 37.5 Å². The number of carbonyl (C=O) groups excluding carboxylic acids is 2. The predicted octanol–water partition coefficient (Wildman–Crippen LogP) is 2.41. The van der Waals surface area contributed by atoms with Crippen molar-refractivity contribution in [1.29, 1.82) is 0 Å². The minimum Gasteiger partial charge on any atom is -0.342 e. The second kappa shape index (κ2) is 6.07. The molecule has 2 rings (SSSR count). The summed E-state index contributed by atoms with van der Waals surface area (Å²) in [6.45, 7) is 5.94. The predicted molar refractivity (Wildman–Crippen MR) is 79.6 cm³/mol. The molecule has 1 aliphatic heterocycles. The van der Waals surface area contributed by atoms with Gasteiger partial charge in [0.2, 0.25) is 11.8 Å². The van der Waals surface area contributed by atoms with Crippen molar-refractivity contribution in [3.8, 4) is 0 Å². The average Bonchev–Trinajstić information content (AvgIpc) is 2.42. The largest absolute Gasteiger partial charge is 0.342 e. The van der Waals surface area contributed by atoms with E-state index in [0.717, 1.165) is 17.7 Å². The molecule has 4 heteroatoms. The van der Waals surface area contributed by atoms with Crippen LogP contribution in [0.5, 0.6) is 0 Å². The molecule has 1 aliphatic rings. The van der Waals surface area contributed by atoms with Gasteiger partial charge in [0.1, 0.15) is 12.1 Å². The van der Waals surface area contributed by atoms with Crippen molar-refractivity contribution in [2.75, 3.05) is 4.90 Å². The number of carbonyl (C=O) groups is 2. The third-order valence-electron chi connectivity index (χ3n) is 3.71. The van der Waals surface area contributed by atoms with Crippen molar-refractivity contribution in [2.24, 2.45) is 0 Å². The van der Waals surface area contributed by atoms with E-state index < -0.39 is 12.1 Å². The van der Waals surface area contributed by atoms with Gasteiger partial charge in [-0.2, -0.15) is 0 Å². The Balaban J connectivity index is 2.38. The molecule has 0 saturated carbocycles. The SMILES string of the molecule is CCCC1NC(=O)C(CC)N(c2cccc(C)c2)C1=O. The second-order valence-corrected chi connectivity index (χ2v) is 5.32. The number of nitrogens with one attached hydrogen (secondary N) is 1. The Morgan fingerprint density at radius 2 is 2.00 bits per heavy atom. The Hall–Kier alpha value is -1.84. The molecule has 1 saturated heterocycles. The number of anilines is 1. The Morgan fingerprint density at radius 3 is 2.60 bits per heavy atom. The van der Waals surface area contributed by atoms with Gasteiger partial charge in [0, 0.05) is 5.69 Å². The van der Waals surface area contributed by atoms with Crippen molar-refractivity contribution in [3.63, 3.8) is 0 Å². The van der Waals surface area contributed by atoms with E-state index in [4.69, 9.17) is 0 Å². The van der Waals surface area contributed by atoms with E-state index in [-0.39, 0.29) is 11.8 Å². The van der Waals surface area contributed by atoms with Crippen molar-refractivity contribution < 1.29 is 9.59 Å². The lowest BCUT2D eigenvalue weighted by Gasteiger charge is -2.38. The molecule has 4 nitrogen and oxygen atoms in total. The average molecular weight is 274 g/mol. The highest BCUT2D eigenvalue weighted by Crippen LogP contribution is 2.25. The molecule has 2 unspecified atom stereocenters. The first-order chi connectivity index (χ1) is 9.58. The van der Waals surface area contributed by atoms with Crippen LogP contribution in [0.15, 0.2) is 24.3 Å². The first kappa shape index (κ1) is 14.6. The van der Waals surface area contributed by atoms with Gasteiger partial charge in [0.15, 0.2) is 0 Å². The summed E-state index contributed by atoms with van der Waals surface area (Å²) in [7, 11) is 0. The summed E-state index contributed by atoms with van der Waals surface area (Å²) >= 11 is 0. The Morgan fingerprint density at radius 1 is 1.25 bits per heavy atom. The summed E-state index contributed by atoms with van der Waals surface area (Å²) in [5.41, 5.74) is 1.90. The van der Waals surface area contributed by atoms with Crippen LogP contribution in [0.25, 0.3) is 0 Å². The van der Waals surface area contributed by atoms with Gasteiger partial charge in [0.05, 0.1) is 0 Å². The summed E-state index contributed by atoms with van der Waals surface area (Å²) in [6.07, 6.45) is 2.17. The fraction of sp³-hybridized carbons (Fsp3) is 0.500. The molecule has 0 radical (unpaired) electrons. The molecular weight excluding hydrogens is 252 g/mol. The van der Waals surface area contributed by atoms with Gasteiger partial charge >= 0.3 is 0 Å². The van der Waals surface area contributed by atoms with Gasteiger partial charge in [-0.25, -0.2) is 0 Å². The summed E-state index contributed by atoms with van der Waals surface area (Å²) in [5, 5.41) is 2.85. The Labute approximate surface area is 120 Å². The quantitative estimate of drug-likeness (QED) is 0.916. The van der Waals surface area contributed by atoms with Crippen LogP contribution in [0, 0.1) is 6.92 Å². The number of amides is 2. The van der Waals surface area contributed by atoms with Gasteiger partial charge in [-0.3, -0.25) is 14.5 Å². The van der Waals surface area contributed by atoms with E-state index in [1.165, 1.54) is 0 Å². The van der Waals surface area contributed by atoms with E-state index in [1.54, 1.807) is 4.90 Å². The first-order valence-electron chi connectivity index (χ1n) is 7.28. The Bertz CT molecular complexity index is 513. The van der Waals surface area contributed by atoms with Crippen LogP contribution in [-0.2, 0) is 9.59 Å². The number of benzene rings is 1. The minimum atomic E-state index is -0.405. The maximum Gasteiger partial charge on any atom is 0.250 e. The lowest BCUT2D eigenvalue weighted by Crippen LogP contribution is -2.63. The molecule has 1 aromatic rings. The van der Waals surface area contributed by atoms with Gasteiger partial charge in [-0.15, -0.1) is 0 Å². The number of rotatable bonds is 4. The second-order valence-electron chi connectivity index (χ2n) is 5.32. The summed E-state index contributed by atoms with van der Waals surface area (Å²) in [4.78, 5) is 26.5. The zero-order chi connectivity index (χ0) is 14.7. The lowest BCUT2D eigenvalue weighted by molar-refractivity contribution is -0.134. The Kier molecular flexibility index (Phi) is 4.42. The number of hydrogen-bond donors (Lipinski definition) is 1. The standard InChI is InChI=1S/C16H22N2O2/c1-4-7-13-16(20)18(14(5-2)15(19)17-13)12-9-6-8-11(3)10-12/h6,8-10,13-14H,4-5,7H2,1-3H3,(H,17,19). The highest BCUT2D eigenvalue weighted by atomic mass is 16.2. The highest BCUT2D eigenvalue weighted by Gasteiger charge is 2.39. The number of piperazine rings is 1. The van der Waals surface area contributed by atoms with E-state index in [0.29, 0.717) is 12.8 Å². The molecule has 0 bridgehead atoms. The van der Waals surface area contributed by atoms with E-state index in [1.807, 2.05) is 45.0 Å². The van der Waals surface area contributed by atoms with Crippen LogP contribution in [0.3, 0.4) is 0 Å². The third-order valence-corrected chi connectivity index (χ3v) is 3.71. The number of nitrogens with zero attached hydrogens (tertiary/aromatic N) is 1. The van der Waals surface area contributed by atoms with E-state index in [9.17, 15) is 9.59 Å². The normalized spacial score (nSPS) is 22.9. The van der Waals surface area contributed by atoms with Crippen molar-refractivity contribution in [2.45, 2.75) is 52.1 Å². The zero-order valence-corrected chi connectivity index (χ0v) is 12.3. The molecule has 2 atom stereocenters. The molecule has 1 aromatic carbocycles. The highest BCUT2D eigenvalue weighted by molar-refractivity contribution is 6.08.